The van der Waals surface area contributed by atoms with Crippen molar-refractivity contribution in [2.45, 2.75) is 0 Å². The van der Waals surface area contributed by atoms with E-state index in [2.05, 4.69) is 0 Å². The van der Waals surface area contributed by atoms with E-state index < -0.39 is 0 Å². The molecule has 0 aliphatic carbocycles. The highest BCUT2D eigenvalue weighted by atomic mass is 35.5. The van der Waals surface area contributed by atoms with Crippen molar-refractivity contribution in [3.63, 3.8) is 0 Å². The maximum Gasteiger partial charge on any atom is 0.231 e. The molecule has 96 valence electrons. The molecule has 1 aliphatic rings. The second-order valence-corrected chi connectivity index (χ2v) is 4.49. The van der Waals surface area contributed by atoms with Crippen LogP contribution >= 0.6 is 11.6 Å². The summed E-state index contributed by atoms with van der Waals surface area (Å²) in [7, 11) is 0. The fraction of sp³-hybridized carbons (Fsp3) is 0.0714. The van der Waals surface area contributed by atoms with Crippen LogP contribution in [0.4, 0.5) is 5.69 Å². The second-order valence-electron chi connectivity index (χ2n) is 4.12. The number of rotatable bonds is 2. The predicted molar refractivity (Wildman–Crippen MR) is 72.8 cm³/mol. The van der Waals surface area contributed by atoms with Crippen LogP contribution in [0.5, 0.6) is 11.5 Å². The number of hydrogen-bond acceptors (Lipinski definition) is 4. The fourth-order valence-corrected chi connectivity index (χ4v) is 2.34. The first-order valence-electron chi connectivity index (χ1n) is 5.64. The third-order valence-corrected chi connectivity index (χ3v) is 3.42. The molecule has 3 rings (SSSR count). The number of ether oxygens (including phenoxy) is 2. The standard InChI is InChI=1S/C14H10ClNO3/c15-14-9(2-3-11(16)10(14)6-17)8-1-4-12-13(5-8)19-7-18-12/h1-6H,7,16H2. The van der Waals surface area contributed by atoms with Gasteiger partial charge in [-0.1, -0.05) is 23.7 Å². The summed E-state index contributed by atoms with van der Waals surface area (Å²) in [5.74, 6) is 1.36. The third kappa shape index (κ3) is 1.90. The van der Waals surface area contributed by atoms with E-state index in [4.69, 9.17) is 26.8 Å². The van der Waals surface area contributed by atoms with Gasteiger partial charge in [0.1, 0.15) is 0 Å². The molecule has 0 aromatic heterocycles. The van der Waals surface area contributed by atoms with E-state index in [1.165, 1.54) is 0 Å². The highest BCUT2D eigenvalue weighted by Gasteiger charge is 2.16. The molecule has 19 heavy (non-hydrogen) atoms. The van der Waals surface area contributed by atoms with E-state index >= 15 is 0 Å². The van der Waals surface area contributed by atoms with Crippen LogP contribution in [0.3, 0.4) is 0 Å². The van der Waals surface area contributed by atoms with Crippen molar-refractivity contribution in [1.29, 1.82) is 0 Å². The maximum absolute atomic E-state index is 11.0. The molecular weight excluding hydrogens is 266 g/mol. The molecule has 1 heterocycles. The van der Waals surface area contributed by atoms with Crippen LogP contribution in [0, 0.1) is 0 Å². The number of aldehydes is 1. The maximum atomic E-state index is 11.0. The smallest absolute Gasteiger partial charge is 0.231 e. The van der Waals surface area contributed by atoms with Crippen molar-refractivity contribution < 1.29 is 14.3 Å². The van der Waals surface area contributed by atoms with Crippen molar-refractivity contribution in [3.8, 4) is 22.6 Å². The van der Waals surface area contributed by atoms with Gasteiger partial charge < -0.3 is 15.2 Å². The summed E-state index contributed by atoms with van der Waals surface area (Å²) in [6.45, 7) is 0.216. The van der Waals surface area contributed by atoms with Crippen molar-refractivity contribution >= 4 is 23.6 Å². The summed E-state index contributed by atoms with van der Waals surface area (Å²) in [6, 6.07) is 8.94. The van der Waals surface area contributed by atoms with Gasteiger partial charge in [-0.2, -0.15) is 0 Å². The van der Waals surface area contributed by atoms with Gasteiger partial charge >= 0.3 is 0 Å². The Kier molecular flexibility index (Phi) is 2.80. The van der Waals surface area contributed by atoms with E-state index in [9.17, 15) is 4.79 Å². The summed E-state index contributed by atoms with van der Waals surface area (Å²) < 4.78 is 10.6. The van der Waals surface area contributed by atoms with Crippen molar-refractivity contribution in [2.75, 3.05) is 12.5 Å². The van der Waals surface area contributed by atoms with Crippen LogP contribution in [0.25, 0.3) is 11.1 Å². The number of hydrogen-bond donors (Lipinski definition) is 1. The van der Waals surface area contributed by atoms with Gasteiger partial charge in [0.05, 0.1) is 10.6 Å². The van der Waals surface area contributed by atoms with Crippen LogP contribution < -0.4 is 15.2 Å². The van der Waals surface area contributed by atoms with Crippen LogP contribution in [0.1, 0.15) is 10.4 Å². The Bertz CT molecular complexity index is 670. The number of halogens is 1. The average Bonchev–Trinajstić information content (AvgIpc) is 2.86. The van der Waals surface area contributed by atoms with Gasteiger partial charge in [-0.25, -0.2) is 0 Å². The van der Waals surface area contributed by atoms with Gasteiger partial charge in [-0.3, -0.25) is 4.79 Å². The summed E-state index contributed by atoms with van der Waals surface area (Å²) in [4.78, 5) is 11.0. The van der Waals surface area contributed by atoms with E-state index in [0.29, 0.717) is 34.1 Å². The second kappa shape index (κ2) is 4.48. The number of fused-ring (bicyclic) bond motifs is 1. The number of carbonyl (C=O) groups is 1. The zero-order valence-corrected chi connectivity index (χ0v) is 10.6. The first-order chi connectivity index (χ1) is 9.20. The molecule has 2 N–H and O–H groups in total. The van der Waals surface area contributed by atoms with Gasteiger partial charge in [0.2, 0.25) is 6.79 Å². The van der Waals surface area contributed by atoms with Crippen LogP contribution in [0.15, 0.2) is 30.3 Å². The van der Waals surface area contributed by atoms with E-state index in [1.54, 1.807) is 12.1 Å². The normalized spacial score (nSPS) is 12.5. The molecule has 0 radical (unpaired) electrons. The summed E-state index contributed by atoms with van der Waals surface area (Å²) in [5, 5.41) is 0.342. The number of nitrogen functional groups attached to an aromatic ring is 1. The first-order valence-corrected chi connectivity index (χ1v) is 6.01. The molecule has 4 nitrogen and oxygen atoms in total. The molecule has 0 amide bonds. The monoisotopic (exact) mass is 275 g/mol. The molecular formula is C14H10ClNO3. The SMILES string of the molecule is Nc1ccc(-c2ccc3c(c2)OCO3)c(Cl)c1C=O. The third-order valence-electron chi connectivity index (χ3n) is 3.01. The molecule has 0 saturated carbocycles. The highest BCUT2D eigenvalue weighted by molar-refractivity contribution is 6.36. The summed E-state index contributed by atoms with van der Waals surface area (Å²) >= 11 is 6.22. The Balaban J connectivity index is 2.15. The molecule has 0 spiro atoms. The minimum atomic E-state index is 0.216. The predicted octanol–water partition coefficient (Wildman–Crippen LogP) is 3.13. The quantitative estimate of drug-likeness (QED) is 0.676. The van der Waals surface area contributed by atoms with Crippen LogP contribution in [0.2, 0.25) is 5.02 Å². The molecule has 2 aromatic rings. The highest BCUT2D eigenvalue weighted by Crippen LogP contribution is 2.39. The lowest BCUT2D eigenvalue weighted by Gasteiger charge is -2.09. The summed E-state index contributed by atoms with van der Waals surface area (Å²) in [6.07, 6.45) is 0.661. The van der Waals surface area contributed by atoms with Gasteiger partial charge in [0.25, 0.3) is 0 Å². The van der Waals surface area contributed by atoms with Gasteiger partial charge in [0.15, 0.2) is 17.8 Å². The Morgan fingerprint density at radius 1 is 1.16 bits per heavy atom. The topological polar surface area (TPSA) is 61.6 Å². The van der Waals surface area contributed by atoms with Gasteiger partial charge in [-0.05, 0) is 23.8 Å². The van der Waals surface area contributed by atoms with Crippen molar-refractivity contribution in [1.82, 2.24) is 0 Å². The molecule has 0 unspecified atom stereocenters. The Morgan fingerprint density at radius 3 is 2.74 bits per heavy atom. The van der Waals surface area contributed by atoms with Crippen LogP contribution in [-0.2, 0) is 0 Å². The molecule has 5 heteroatoms. The van der Waals surface area contributed by atoms with E-state index in [-0.39, 0.29) is 6.79 Å². The number of nitrogens with two attached hydrogens (primary N) is 1. The Labute approximate surface area is 114 Å². The average molecular weight is 276 g/mol. The molecule has 0 saturated heterocycles. The van der Waals surface area contributed by atoms with Gasteiger partial charge in [0, 0.05) is 11.3 Å². The lowest BCUT2D eigenvalue weighted by molar-refractivity contribution is 0.112. The number of benzene rings is 2. The van der Waals surface area contributed by atoms with E-state index in [0.717, 1.165) is 11.1 Å². The first kappa shape index (κ1) is 11.9. The van der Waals surface area contributed by atoms with Crippen molar-refractivity contribution in [3.05, 3.63) is 40.9 Å². The fourth-order valence-electron chi connectivity index (χ4n) is 2.01. The Hall–Kier alpha value is -2.20. The Morgan fingerprint density at radius 2 is 1.95 bits per heavy atom. The minimum absolute atomic E-state index is 0.216. The minimum Gasteiger partial charge on any atom is -0.454 e. The zero-order chi connectivity index (χ0) is 13.4. The zero-order valence-electron chi connectivity index (χ0n) is 9.85. The number of anilines is 1. The molecule has 2 aromatic carbocycles. The van der Waals surface area contributed by atoms with Crippen molar-refractivity contribution in [2.24, 2.45) is 0 Å². The largest absolute Gasteiger partial charge is 0.454 e. The van der Waals surface area contributed by atoms with Gasteiger partial charge in [-0.15, -0.1) is 0 Å². The molecule has 1 aliphatic heterocycles. The number of carbonyl (C=O) groups excluding carboxylic acids is 1. The van der Waals surface area contributed by atoms with E-state index in [1.807, 2.05) is 18.2 Å². The lowest BCUT2D eigenvalue weighted by Crippen LogP contribution is -1.95. The summed E-state index contributed by atoms with van der Waals surface area (Å²) in [5.41, 5.74) is 7.95. The molecule has 0 fully saturated rings. The lowest BCUT2D eigenvalue weighted by atomic mass is 10.0. The molecule has 0 atom stereocenters. The van der Waals surface area contributed by atoms with Crippen LogP contribution in [-0.4, -0.2) is 13.1 Å². The molecule has 0 bridgehead atoms.